The van der Waals surface area contributed by atoms with Crippen molar-refractivity contribution in [3.63, 3.8) is 0 Å². The monoisotopic (exact) mass is 441 g/mol. The number of amides is 1. The molecule has 0 aromatic heterocycles. The lowest BCUT2D eigenvalue weighted by molar-refractivity contribution is -0.121. The molecule has 1 aliphatic carbocycles. The summed E-state index contributed by atoms with van der Waals surface area (Å²) in [5.41, 5.74) is 1.04. The van der Waals surface area contributed by atoms with Crippen molar-refractivity contribution in [3.05, 3.63) is 35.6 Å². The number of benzene rings is 1. The van der Waals surface area contributed by atoms with Gasteiger partial charge in [-0.3, -0.25) is 4.79 Å². The van der Waals surface area contributed by atoms with E-state index in [1.807, 2.05) is 6.07 Å². The average molecular weight is 442 g/mol. The van der Waals surface area contributed by atoms with E-state index < -0.39 is 10.2 Å². The van der Waals surface area contributed by atoms with Gasteiger partial charge in [0.1, 0.15) is 5.82 Å². The summed E-state index contributed by atoms with van der Waals surface area (Å²) in [6.07, 6.45) is 5.14. The van der Waals surface area contributed by atoms with E-state index >= 15 is 0 Å². The Morgan fingerprint density at radius 3 is 2.60 bits per heavy atom. The highest BCUT2D eigenvalue weighted by Crippen LogP contribution is 2.34. The average Bonchev–Trinajstić information content (AvgIpc) is 2.73. The van der Waals surface area contributed by atoms with Crippen LogP contribution in [-0.2, 0) is 19.7 Å². The van der Waals surface area contributed by atoms with Gasteiger partial charge >= 0.3 is 0 Å². The second-order valence-corrected chi connectivity index (χ2v) is 10.4. The quantitative estimate of drug-likeness (QED) is 0.627. The van der Waals surface area contributed by atoms with Gasteiger partial charge in [-0.25, -0.2) is 4.39 Å². The van der Waals surface area contributed by atoms with E-state index in [0.717, 1.165) is 42.0 Å². The number of rotatable bonds is 8. The van der Waals surface area contributed by atoms with Gasteiger partial charge in [-0.05, 0) is 55.7 Å². The summed E-state index contributed by atoms with van der Waals surface area (Å²) < 4.78 is 48.1. The van der Waals surface area contributed by atoms with E-state index in [0.29, 0.717) is 32.0 Å². The third-order valence-electron chi connectivity index (χ3n) is 6.24. The van der Waals surface area contributed by atoms with Crippen LogP contribution in [-0.4, -0.2) is 70.0 Å². The number of nitrogens with one attached hydrogen (secondary N) is 1. The van der Waals surface area contributed by atoms with Crippen LogP contribution in [0.2, 0.25) is 0 Å². The molecule has 168 valence electrons. The maximum Gasteiger partial charge on any atom is 0.279 e. The standard InChI is InChI=1S/C21H32FN3O4S/c1-24(2)30(27,28)23-21-10-11-25(15-26)13-18(21)14-29-20-8-6-16(7-9-20)17-4-3-5-19(22)12-17/h3-5,12,15-16,18,20-21,23H,6-11,13-14H2,1-2H3/t16-,18?,20+,21?. The predicted molar refractivity (Wildman–Crippen MR) is 113 cm³/mol. The number of hydrogen-bond donors (Lipinski definition) is 1. The molecule has 0 radical (unpaired) electrons. The van der Waals surface area contributed by atoms with Crippen molar-refractivity contribution in [2.24, 2.45) is 5.92 Å². The predicted octanol–water partition coefficient (Wildman–Crippen LogP) is 2.11. The van der Waals surface area contributed by atoms with Crippen molar-refractivity contribution in [2.75, 3.05) is 33.8 Å². The van der Waals surface area contributed by atoms with Crippen LogP contribution in [0.5, 0.6) is 0 Å². The van der Waals surface area contributed by atoms with Crippen molar-refractivity contribution < 1.29 is 22.3 Å². The van der Waals surface area contributed by atoms with Gasteiger partial charge in [-0.1, -0.05) is 12.1 Å². The lowest BCUT2D eigenvalue weighted by atomic mass is 9.82. The van der Waals surface area contributed by atoms with E-state index in [2.05, 4.69) is 4.72 Å². The fourth-order valence-electron chi connectivity index (χ4n) is 4.36. The molecule has 2 atom stereocenters. The van der Waals surface area contributed by atoms with Crippen LogP contribution < -0.4 is 4.72 Å². The molecule has 3 rings (SSSR count). The molecule has 0 spiro atoms. The summed E-state index contributed by atoms with van der Waals surface area (Å²) in [6, 6.07) is 6.54. The van der Waals surface area contributed by atoms with Crippen LogP contribution in [0.1, 0.15) is 43.6 Å². The van der Waals surface area contributed by atoms with Gasteiger partial charge in [0.15, 0.2) is 0 Å². The van der Waals surface area contributed by atoms with Crippen LogP contribution in [0, 0.1) is 11.7 Å². The third kappa shape index (κ3) is 6.00. The molecule has 9 heteroatoms. The molecule has 1 N–H and O–H groups in total. The third-order valence-corrected chi connectivity index (χ3v) is 7.80. The summed E-state index contributed by atoms with van der Waals surface area (Å²) in [5, 5.41) is 0. The van der Waals surface area contributed by atoms with Gasteiger partial charge in [-0.15, -0.1) is 0 Å². The molecule has 7 nitrogen and oxygen atoms in total. The van der Waals surface area contributed by atoms with Crippen molar-refractivity contribution in [3.8, 4) is 0 Å². The van der Waals surface area contributed by atoms with E-state index in [9.17, 15) is 17.6 Å². The highest BCUT2D eigenvalue weighted by atomic mass is 32.2. The number of carbonyl (C=O) groups is 1. The SMILES string of the molecule is CN(C)S(=O)(=O)NC1CCN(C=O)CC1CO[C@H]1CC[C@@H](c2cccc(F)c2)CC1. The highest BCUT2D eigenvalue weighted by Gasteiger charge is 2.33. The number of hydrogen-bond acceptors (Lipinski definition) is 4. The van der Waals surface area contributed by atoms with Gasteiger partial charge in [0.2, 0.25) is 6.41 Å². The number of likely N-dealkylation sites (tertiary alicyclic amines) is 1. The largest absolute Gasteiger partial charge is 0.378 e. The number of piperidine rings is 1. The summed E-state index contributed by atoms with van der Waals surface area (Å²) in [5.74, 6) is 0.0502. The summed E-state index contributed by atoms with van der Waals surface area (Å²) in [6.45, 7) is 1.41. The van der Waals surface area contributed by atoms with Gasteiger partial charge in [0.05, 0.1) is 12.7 Å². The first kappa shape index (κ1) is 23.1. The van der Waals surface area contributed by atoms with E-state index in [-0.39, 0.29) is 23.9 Å². The molecule has 1 aromatic carbocycles. The summed E-state index contributed by atoms with van der Waals surface area (Å²) in [7, 11) is -0.566. The highest BCUT2D eigenvalue weighted by molar-refractivity contribution is 7.87. The first-order valence-electron chi connectivity index (χ1n) is 10.5. The van der Waals surface area contributed by atoms with Gasteiger partial charge in [-0.2, -0.15) is 17.4 Å². The molecule has 1 aliphatic heterocycles. The number of ether oxygens (including phenoxy) is 1. The van der Waals surface area contributed by atoms with Crippen molar-refractivity contribution >= 4 is 16.6 Å². The second-order valence-electron chi connectivity index (χ2n) is 8.52. The normalized spacial score (nSPS) is 27.9. The van der Waals surface area contributed by atoms with Gasteiger partial charge < -0.3 is 9.64 Å². The van der Waals surface area contributed by atoms with Crippen molar-refractivity contribution in [1.82, 2.24) is 13.9 Å². The molecule has 30 heavy (non-hydrogen) atoms. The first-order chi connectivity index (χ1) is 14.3. The Balaban J connectivity index is 1.54. The Morgan fingerprint density at radius 2 is 1.97 bits per heavy atom. The molecule has 2 unspecified atom stereocenters. The Hall–Kier alpha value is -1.55. The summed E-state index contributed by atoms with van der Waals surface area (Å²) in [4.78, 5) is 12.9. The minimum Gasteiger partial charge on any atom is -0.378 e. The molecule has 0 bridgehead atoms. The van der Waals surface area contributed by atoms with Gasteiger partial charge in [0, 0.05) is 39.1 Å². The fourth-order valence-corrected chi connectivity index (χ4v) is 5.26. The number of carbonyl (C=O) groups excluding carboxylic acids is 1. The van der Waals surface area contributed by atoms with Gasteiger partial charge in [0.25, 0.3) is 10.2 Å². The molecule has 1 heterocycles. The Morgan fingerprint density at radius 1 is 1.23 bits per heavy atom. The fraction of sp³-hybridized carbons (Fsp3) is 0.667. The maximum absolute atomic E-state index is 13.5. The molecule has 1 amide bonds. The maximum atomic E-state index is 13.5. The van der Waals surface area contributed by atoms with E-state index in [1.165, 1.54) is 20.2 Å². The topological polar surface area (TPSA) is 79.0 Å². The number of halogens is 1. The zero-order valence-corrected chi connectivity index (χ0v) is 18.5. The van der Waals surface area contributed by atoms with Crippen molar-refractivity contribution in [2.45, 2.75) is 50.2 Å². The lowest BCUT2D eigenvalue weighted by Gasteiger charge is -2.38. The van der Waals surface area contributed by atoms with Crippen LogP contribution in [0.15, 0.2) is 24.3 Å². The molecule has 1 aromatic rings. The van der Waals surface area contributed by atoms with Crippen LogP contribution in [0.4, 0.5) is 4.39 Å². The first-order valence-corrected chi connectivity index (χ1v) is 12.0. The smallest absolute Gasteiger partial charge is 0.279 e. The molecule has 1 saturated heterocycles. The minimum atomic E-state index is -3.55. The Kier molecular flexibility index (Phi) is 7.84. The van der Waals surface area contributed by atoms with Crippen LogP contribution in [0.3, 0.4) is 0 Å². The molecule has 2 fully saturated rings. The Bertz CT molecular complexity index is 812. The molecular weight excluding hydrogens is 409 g/mol. The van der Waals surface area contributed by atoms with Crippen molar-refractivity contribution in [1.29, 1.82) is 0 Å². The van der Waals surface area contributed by atoms with Crippen LogP contribution >= 0.6 is 0 Å². The summed E-state index contributed by atoms with van der Waals surface area (Å²) >= 11 is 0. The second kappa shape index (κ2) is 10.2. The molecule has 2 aliphatic rings. The van der Waals surface area contributed by atoms with E-state index in [4.69, 9.17) is 4.74 Å². The zero-order chi connectivity index (χ0) is 21.7. The molecular formula is C21H32FN3O4S. The number of nitrogens with zero attached hydrogens (tertiary/aromatic N) is 2. The Labute approximate surface area is 178 Å². The molecule has 1 saturated carbocycles. The zero-order valence-electron chi connectivity index (χ0n) is 17.7. The van der Waals surface area contributed by atoms with Crippen LogP contribution in [0.25, 0.3) is 0 Å². The lowest BCUT2D eigenvalue weighted by Crippen LogP contribution is -2.54. The minimum absolute atomic E-state index is 0.0976. The van der Waals surface area contributed by atoms with E-state index in [1.54, 1.807) is 17.0 Å².